The van der Waals surface area contributed by atoms with Crippen LogP contribution in [-0.2, 0) is 14.2 Å². The number of rotatable bonds is 4. The molecule has 0 aromatic rings. The Morgan fingerprint density at radius 2 is 2.22 bits per heavy atom. The van der Waals surface area contributed by atoms with Crippen molar-refractivity contribution < 1.29 is 14.2 Å². The first-order valence-corrected chi connectivity index (χ1v) is 7.12. The molecule has 3 nitrogen and oxygen atoms in total. The van der Waals surface area contributed by atoms with Crippen LogP contribution in [0.2, 0.25) is 0 Å². The van der Waals surface area contributed by atoms with Gasteiger partial charge in [-0.05, 0) is 39.5 Å². The second kappa shape index (κ2) is 4.62. The molecule has 18 heavy (non-hydrogen) atoms. The Morgan fingerprint density at radius 1 is 1.44 bits per heavy atom. The molecular weight excluding hydrogens is 228 g/mol. The number of hydrogen-bond acceptors (Lipinski definition) is 3. The highest BCUT2D eigenvalue weighted by molar-refractivity contribution is 5.13. The number of methoxy groups -OCH3 is 1. The zero-order chi connectivity index (χ0) is 12.8. The van der Waals surface area contributed by atoms with Gasteiger partial charge in [-0.2, -0.15) is 0 Å². The first-order chi connectivity index (χ1) is 8.66. The molecule has 0 aromatic carbocycles. The SMILES string of the molecule is CO[C@@H]1CCC[C@]2(CO2)C1[C@H]1OC1CC=C(C)C. The Bertz CT molecular complexity index is 342. The molecule has 0 radical (unpaired) electrons. The van der Waals surface area contributed by atoms with E-state index >= 15 is 0 Å². The van der Waals surface area contributed by atoms with Crippen molar-refractivity contribution in [1.29, 1.82) is 0 Å². The predicted octanol–water partition coefficient (Wildman–Crippen LogP) is 2.69. The van der Waals surface area contributed by atoms with Crippen molar-refractivity contribution in [2.75, 3.05) is 13.7 Å². The van der Waals surface area contributed by atoms with Gasteiger partial charge >= 0.3 is 0 Å². The minimum absolute atomic E-state index is 0.101. The number of epoxide rings is 2. The van der Waals surface area contributed by atoms with Gasteiger partial charge in [0.05, 0.1) is 30.5 Å². The zero-order valence-corrected chi connectivity index (χ0v) is 11.6. The maximum Gasteiger partial charge on any atom is 0.0995 e. The van der Waals surface area contributed by atoms with Crippen molar-refractivity contribution in [3.05, 3.63) is 11.6 Å². The molecule has 2 aliphatic heterocycles. The van der Waals surface area contributed by atoms with E-state index in [1.807, 2.05) is 7.11 Å². The van der Waals surface area contributed by atoms with Gasteiger partial charge in [-0.15, -0.1) is 0 Å². The van der Waals surface area contributed by atoms with Crippen LogP contribution >= 0.6 is 0 Å². The van der Waals surface area contributed by atoms with Crippen molar-refractivity contribution in [1.82, 2.24) is 0 Å². The van der Waals surface area contributed by atoms with E-state index in [0.29, 0.717) is 24.2 Å². The lowest BCUT2D eigenvalue weighted by molar-refractivity contribution is -0.0287. The first kappa shape index (κ1) is 12.6. The van der Waals surface area contributed by atoms with E-state index < -0.39 is 0 Å². The van der Waals surface area contributed by atoms with E-state index in [0.717, 1.165) is 19.4 Å². The van der Waals surface area contributed by atoms with Crippen LogP contribution in [0.4, 0.5) is 0 Å². The fourth-order valence-electron chi connectivity index (χ4n) is 3.51. The maximum absolute atomic E-state index is 5.91. The molecule has 0 aromatic heterocycles. The summed E-state index contributed by atoms with van der Waals surface area (Å²) in [7, 11) is 1.83. The Hall–Kier alpha value is -0.380. The van der Waals surface area contributed by atoms with Gasteiger partial charge in [0.2, 0.25) is 0 Å². The monoisotopic (exact) mass is 252 g/mol. The van der Waals surface area contributed by atoms with Crippen molar-refractivity contribution in [3.63, 3.8) is 0 Å². The normalized spacial score (nSPS) is 45.9. The zero-order valence-electron chi connectivity index (χ0n) is 11.6. The van der Waals surface area contributed by atoms with Crippen molar-refractivity contribution in [3.8, 4) is 0 Å². The molecule has 3 aliphatic rings. The molecule has 0 amide bonds. The van der Waals surface area contributed by atoms with Crippen molar-refractivity contribution in [2.45, 2.75) is 63.4 Å². The summed E-state index contributed by atoms with van der Waals surface area (Å²) in [6.45, 7) is 5.19. The predicted molar refractivity (Wildman–Crippen MR) is 69.5 cm³/mol. The van der Waals surface area contributed by atoms with Gasteiger partial charge in [-0.3, -0.25) is 0 Å². The lowest BCUT2D eigenvalue weighted by atomic mass is 9.74. The van der Waals surface area contributed by atoms with Crippen LogP contribution in [0.1, 0.15) is 39.5 Å². The van der Waals surface area contributed by atoms with Gasteiger partial charge < -0.3 is 14.2 Å². The van der Waals surface area contributed by atoms with Crippen LogP contribution in [0.25, 0.3) is 0 Å². The molecule has 1 spiro atoms. The molecule has 3 rings (SSSR count). The van der Waals surface area contributed by atoms with E-state index in [9.17, 15) is 0 Å². The van der Waals surface area contributed by atoms with Gasteiger partial charge in [-0.1, -0.05) is 11.6 Å². The summed E-state index contributed by atoms with van der Waals surface area (Å²) in [5, 5.41) is 0. The van der Waals surface area contributed by atoms with E-state index in [2.05, 4.69) is 19.9 Å². The van der Waals surface area contributed by atoms with E-state index in [1.165, 1.54) is 18.4 Å². The Morgan fingerprint density at radius 3 is 2.83 bits per heavy atom. The van der Waals surface area contributed by atoms with Gasteiger partial charge in [-0.25, -0.2) is 0 Å². The average Bonchev–Trinajstić information content (AvgIpc) is 3.25. The minimum Gasteiger partial charge on any atom is -0.381 e. The van der Waals surface area contributed by atoms with Crippen LogP contribution in [0.15, 0.2) is 11.6 Å². The molecule has 2 unspecified atom stereocenters. The fourth-order valence-corrected chi connectivity index (χ4v) is 3.51. The molecule has 3 fully saturated rings. The third-order valence-electron chi connectivity index (χ3n) is 4.65. The summed E-state index contributed by atoms with van der Waals surface area (Å²) in [6, 6.07) is 0. The summed E-state index contributed by atoms with van der Waals surface area (Å²) in [6.07, 6.45) is 7.94. The van der Waals surface area contributed by atoms with Crippen LogP contribution in [-0.4, -0.2) is 37.6 Å². The molecular formula is C15H24O3. The molecule has 1 aliphatic carbocycles. The maximum atomic E-state index is 5.91. The fraction of sp³-hybridized carbons (Fsp3) is 0.867. The topological polar surface area (TPSA) is 34.3 Å². The molecule has 1 saturated carbocycles. The third-order valence-corrected chi connectivity index (χ3v) is 4.65. The Balaban J connectivity index is 1.65. The molecule has 2 heterocycles. The summed E-state index contributed by atoms with van der Waals surface area (Å²) < 4.78 is 17.4. The minimum atomic E-state index is 0.101. The standard InChI is InChI=1S/C15H24O3/c1-10(2)6-7-12-14(18-12)13-11(16-3)5-4-8-15(13)9-17-15/h6,11-14H,4-5,7-9H2,1-3H3/t11-,12?,13?,14+,15+/m1/s1. The number of allylic oxidation sites excluding steroid dienone is 1. The van der Waals surface area contributed by atoms with Crippen LogP contribution < -0.4 is 0 Å². The molecule has 0 N–H and O–H groups in total. The Kier molecular flexibility index (Phi) is 3.25. The first-order valence-electron chi connectivity index (χ1n) is 7.12. The van der Waals surface area contributed by atoms with Gasteiger partial charge in [0.15, 0.2) is 0 Å². The van der Waals surface area contributed by atoms with Crippen LogP contribution in [0.5, 0.6) is 0 Å². The summed E-state index contributed by atoms with van der Waals surface area (Å²) in [5.41, 5.74) is 1.47. The second-order valence-electron chi connectivity index (χ2n) is 6.20. The third kappa shape index (κ3) is 2.24. The average molecular weight is 252 g/mol. The summed E-state index contributed by atoms with van der Waals surface area (Å²) in [5.74, 6) is 0.451. The number of ether oxygens (including phenoxy) is 3. The summed E-state index contributed by atoms with van der Waals surface area (Å²) in [4.78, 5) is 0. The lowest BCUT2D eigenvalue weighted by Gasteiger charge is -2.34. The quantitative estimate of drug-likeness (QED) is 0.570. The lowest BCUT2D eigenvalue weighted by Crippen LogP contribution is -2.44. The highest BCUT2D eigenvalue weighted by Gasteiger charge is 2.64. The number of hydrogen-bond donors (Lipinski definition) is 0. The Labute approximate surface area is 109 Å². The molecule has 3 heteroatoms. The molecule has 0 bridgehead atoms. The summed E-state index contributed by atoms with van der Waals surface area (Å²) >= 11 is 0. The second-order valence-corrected chi connectivity index (χ2v) is 6.20. The van der Waals surface area contributed by atoms with Crippen LogP contribution in [0, 0.1) is 5.92 Å². The highest BCUT2D eigenvalue weighted by atomic mass is 16.6. The van der Waals surface area contributed by atoms with Crippen molar-refractivity contribution >= 4 is 0 Å². The van der Waals surface area contributed by atoms with Crippen molar-refractivity contribution in [2.24, 2.45) is 5.92 Å². The van der Waals surface area contributed by atoms with Gasteiger partial charge in [0.25, 0.3) is 0 Å². The van der Waals surface area contributed by atoms with Gasteiger partial charge in [0, 0.05) is 13.0 Å². The highest BCUT2D eigenvalue weighted by Crippen LogP contribution is 2.53. The smallest absolute Gasteiger partial charge is 0.0995 e. The molecule has 2 saturated heterocycles. The van der Waals surface area contributed by atoms with E-state index in [-0.39, 0.29) is 5.60 Å². The van der Waals surface area contributed by atoms with E-state index in [1.54, 1.807) is 0 Å². The largest absolute Gasteiger partial charge is 0.381 e. The van der Waals surface area contributed by atoms with Crippen LogP contribution in [0.3, 0.4) is 0 Å². The molecule has 5 atom stereocenters. The van der Waals surface area contributed by atoms with E-state index in [4.69, 9.17) is 14.2 Å². The van der Waals surface area contributed by atoms with Gasteiger partial charge in [0.1, 0.15) is 0 Å². The molecule has 102 valence electrons.